The van der Waals surface area contributed by atoms with Crippen LogP contribution < -0.4 is 4.74 Å². The van der Waals surface area contributed by atoms with Crippen molar-refractivity contribution in [1.82, 2.24) is 4.90 Å². The SMILES string of the molecule is CC(C)(C)OC(=O)N1CCC[C@H]1C(=O)COc1ccc(CC(=O)O)cc1. The fourth-order valence-electron chi connectivity index (χ4n) is 2.77. The lowest BCUT2D eigenvalue weighted by Gasteiger charge is -2.27. The molecule has 1 saturated heterocycles. The minimum absolute atomic E-state index is 0.0634. The summed E-state index contributed by atoms with van der Waals surface area (Å²) in [6, 6.07) is 6.03. The number of ether oxygens (including phenoxy) is 2. The third-order valence-electron chi connectivity index (χ3n) is 3.91. The van der Waals surface area contributed by atoms with Crippen LogP contribution in [0.15, 0.2) is 24.3 Å². The highest BCUT2D eigenvalue weighted by Gasteiger charge is 2.36. The highest BCUT2D eigenvalue weighted by Crippen LogP contribution is 2.22. The summed E-state index contributed by atoms with van der Waals surface area (Å²) in [7, 11) is 0. The van der Waals surface area contributed by atoms with Gasteiger partial charge in [-0.05, 0) is 51.3 Å². The van der Waals surface area contributed by atoms with Crippen molar-refractivity contribution in [3.05, 3.63) is 29.8 Å². The summed E-state index contributed by atoms with van der Waals surface area (Å²) in [5, 5.41) is 8.76. The molecule has 0 radical (unpaired) electrons. The summed E-state index contributed by atoms with van der Waals surface area (Å²) in [5.74, 6) is -0.602. The van der Waals surface area contributed by atoms with E-state index >= 15 is 0 Å². The van der Waals surface area contributed by atoms with E-state index in [-0.39, 0.29) is 18.8 Å². The number of hydrogen-bond acceptors (Lipinski definition) is 5. The van der Waals surface area contributed by atoms with Crippen molar-refractivity contribution >= 4 is 17.8 Å². The quantitative estimate of drug-likeness (QED) is 0.835. The molecule has 26 heavy (non-hydrogen) atoms. The Bertz CT molecular complexity index is 662. The van der Waals surface area contributed by atoms with Crippen LogP contribution in [0.4, 0.5) is 4.79 Å². The Kier molecular flexibility index (Phi) is 6.23. The summed E-state index contributed by atoms with van der Waals surface area (Å²) in [4.78, 5) is 36.8. The third-order valence-corrected chi connectivity index (χ3v) is 3.91. The molecule has 1 aromatic rings. The molecule has 0 aliphatic carbocycles. The molecule has 1 N–H and O–H groups in total. The average Bonchev–Trinajstić information content (AvgIpc) is 3.01. The zero-order chi connectivity index (χ0) is 19.3. The second-order valence-corrected chi connectivity index (χ2v) is 7.30. The lowest BCUT2D eigenvalue weighted by molar-refractivity contribution is -0.136. The second kappa shape index (κ2) is 8.21. The molecular weight excluding hydrogens is 338 g/mol. The van der Waals surface area contributed by atoms with Crippen LogP contribution in [0.5, 0.6) is 5.75 Å². The van der Waals surface area contributed by atoms with Crippen molar-refractivity contribution in [2.75, 3.05) is 13.2 Å². The fraction of sp³-hybridized carbons (Fsp3) is 0.526. The van der Waals surface area contributed by atoms with Gasteiger partial charge in [-0.1, -0.05) is 12.1 Å². The molecule has 0 saturated carbocycles. The molecule has 0 aromatic heterocycles. The third kappa shape index (κ3) is 5.75. The molecule has 1 aliphatic rings. The highest BCUT2D eigenvalue weighted by molar-refractivity contribution is 5.89. The van der Waals surface area contributed by atoms with Crippen LogP contribution in [0.25, 0.3) is 0 Å². The Morgan fingerprint density at radius 3 is 2.42 bits per heavy atom. The largest absolute Gasteiger partial charge is 0.486 e. The molecular formula is C19H25NO6. The van der Waals surface area contributed by atoms with E-state index in [4.69, 9.17) is 14.6 Å². The number of carboxylic acids is 1. The summed E-state index contributed by atoms with van der Waals surface area (Å²) in [6.07, 6.45) is 0.802. The number of amides is 1. The molecule has 1 aliphatic heterocycles. The molecule has 1 aromatic carbocycles. The molecule has 1 atom stereocenters. The number of Topliss-reactive ketones (excluding diaryl/α,β-unsaturated/α-hetero) is 1. The van der Waals surface area contributed by atoms with E-state index in [1.165, 1.54) is 4.90 Å². The Hall–Kier alpha value is -2.57. The zero-order valence-electron chi connectivity index (χ0n) is 15.4. The Morgan fingerprint density at radius 1 is 1.19 bits per heavy atom. The van der Waals surface area contributed by atoms with E-state index in [2.05, 4.69) is 0 Å². The van der Waals surface area contributed by atoms with Crippen LogP contribution in [-0.4, -0.2) is 52.6 Å². The summed E-state index contributed by atoms with van der Waals surface area (Å²) < 4.78 is 10.8. The van der Waals surface area contributed by atoms with Crippen molar-refractivity contribution in [3.63, 3.8) is 0 Å². The topological polar surface area (TPSA) is 93.1 Å². The van der Waals surface area contributed by atoms with Gasteiger partial charge in [-0.3, -0.25) is 14.5 Å². The number of aliphatic carboxylic acids is 1. The Balaban J connectivity index is 1.90. The van der Waals surface area contributed by atoms with Gasteiger partial charge >= 0.3 is 12.1 Å². The summed E-state index contributed by atoms with van der Waals surface area (Å²) >= 11 is 0. The van der Waals surface area contributed by atoms with Gasteiger partial charge in [-0.2, -0.15) is 0 Å². The van der Waals surface area contributed by atoms with Gasteiger partial charge in [0, 0.05) is 6.54 Å². The van der Waals surface area contributed by atoms with Gasteiger partial charge in [0.25, 0.3) is 0 Å². The monoisotopic (exact) mass is 363 g/mol. The molecule has 2 rings (SSSR count). The molecule has 1 heterocycles. The lowest BCUT2D eigenvalue weighted by Crippen LogP contribution is -2.44. The van der Waals surface area contributed by atoms with Gasteiger partial charge in [-0.25, -0.2) is 4.79 Å². The molecule has 0 bridgehead atoms. The normalized spacial score (nSPS) is 17.0. The lowest BCUT2D eigenvalue weighted by atomic mass is 10.1. The van der Waals surface area contributed by atoms with E-state index < -0.39 is 23.7 Å². The van der Waals surface area contributed by atoms with Crippen molar-refractivity contribution in [1.29, 1.82) is 0 Å². The minimum Gasteiger partial charge on any atom is -0.486 e. The highest BCUT2D eigenvalue weighted by atomic mass is 16.6. The molecule has 7 heteroatoms. The van der Waals surface area contributed by atoms with E-state index in [1.807, 2.05) is 0 Å². The molecule has 0 spiro atoms. The molecule has 0 unspecified atom stereocenters. The van der Waals surface area contributed by atoms with Crippen LogP contribution in [0, 0.1) is 0 Å². The first-order valence-electron chi connectivity index (χ1n) is 8.61. The molecule has 7 nitrogen and oxygen atoms in total. The van der Waals surface area contributed by atoms with Crippen molar-refractivity contribution in [3.8, 4) is 5.75 Å². The van der Waals surface area contributed by atoms with E-state index in [9.17, 15) is 14.4 Å². The predicted molar refractivity (Wildman–Crippen MR) is 94.2 cm³/mol. The van der Waals surface area contributed by atoms with E-state index in [0.717, 1.165) is 6.42 Å². The first kappa shape index (κ1) is 19.8. The maximum absolute atomic E-state index is 12.5. The Morgan fingerprint density at radius 2 is 1.85 bits per heavy atom. The van der Waals surface area contributed by atoms with Crippen LogP contribution in [0.1, 0.15) is 39.2 Å². The van der Waals surface area contributed by atoms with Crippen LogP contribution >= 0.6 is 0 Å². The van der Waals surface area contributed by atoms with Crippen LogP contribution in [-0.2, 0) is 20.7 Å². The van der Waals surface area contributed by atoms with Crippen molar-refractivity contribution in [2.24, 2.45) is 0 Å². The van der Waals surface area contributed by atoms with Gasteiger partial charge in [0.1, 0.15) is 18.0 Å². The van der Waals surface area contributed by atoms with Gasteiger partial charge in [0.05, 0.1) is 12.5 Å². The van der Waals surface area contributed by atoms with Gasteiger partial charge in [0.2, 0.25) is 0 Å². The summed E-state index contributed by atoms with van der Waals surface area (Å²) in [6.45, 7) is 5.70. The zero-order valence-corrected chi connectivity index (χ0v) is 15.4. The molecule has 1 amide bonds. The maximum Gasteiger partial charge on any atom is 0.410 e. The number of carbonyl (C=O) groups is 3. The number of ketones is 1. The number of hydrogen-bond donors (Lipinski definition) is 1. The Labute approximate surface area is 152 Å². The smallest absolute Gasteiger partial charge is 0.410 e. The predicted octanol–water partition coefficient (Wildman–Crippen LogP) is 2.66. The van der Waals surface area contributed by atoms with Crippen molar-refractivity contribution < 1.29 is 29.0 Å². The number of carboxylic acid groups (broad SMARTS) is 1. The van der Waals surface area contributed by atoms with Crippen molar-refractivity contribution in [2.45, 2.75) is 51.7 Å². The van der Waals surface area contributed by atoms with Gasteiger partial charge in [0.15, 0.2) is 5.78 Å². The minimum atomic E-state index is -0.905. The van der Waals surface area contributed by atoms with Crippen LogP contribution in [0.3, 0.4) is 0 Å². The second-order valence-electron chi connectivity index (χ2n) is 7.30. The number of carbonyl (C=O) groups excluding carboxylic acids is 2. The molecule has 142 valence electrons. The summed E-state index contributed by atoms with van der Waals surface area (Å²) in [5.41, 5.74) is 0.0460. The number of likely N-dealkylation sites (tertiary alicyclic amines) is 1. The van der Waals surface area contributed by atoms with E-state index in [0.29, 0.717) is 24.3 Å². The number of rotatable bonds is 6. The maximum atomic E-state index is 12.5. The van der Waals surface area contributed by atoms with Gasteiger partial charge in [-0.15, -0.1) is 0 Å². The van der Waals surface area contributed by atoms with Gasteiger partial charge < -0.3 is 14.6 Å². The number of nitrogens with zero attached hydrogens (tertiary/aromatic N) is 1. The van der Waals surface area contributed by atoms with E-state index in [1.54, 1.807) is 45.0 Å². The van der Waals surface area contributed by atoms with Crippen LogP contribution in [0.2, 0.25) is 0 Å². The number of benzene rings is 1. The average molecular weight is 363 g/mol. The standard InChI is InChI=1S/C19H25NO6/c1-19(2,3)26-18(24)20-10-4-5-15(20)16(21)12-25-14-8-6-13(7-9-14)11-17(22)23/h6-9,15H,4-5,10-12H2,1-3H3,(H,22,23)/t15-/m0/s1. The first-order chi connectivity index (χ1) is 12.2. The molecule has 1 fully saturated rings. The fourth-order valence-corrected chi connectivity index (χ4v) is 2.77. The first-order valence-corrected chi connectivity index (χ1v) is 8.61.